The molecular formula is C22H28O6. The van der Waals surface area contributed by atoms with E-state index < -0.39 is 12.3 Å². The summed E-state index contributed by atoms with van der Waals surface area (Å²) >= 11 is 0. The molecule has 28 heavy (non-hydrogen) atoms. The zero-order valence-electron chi connectivity index (χ0n) is 16.7. The number of ether oxygens (including phenoxy) is 2. The van der Waals surface area contributed by atoms with Crippen molar-refractivity contribution in [1.29, 1.82) is 0 Å². The second kappa shape index (κ2) is 11.9. The highest BCUT2D eigenvalue weighted by molar-refractivity contribution is 5.89. The van der Waals surface area contributed by atoms with Gasteiger partial charge in [-0.15, -0.1) is 0 Å². The van der Waals surface area contributed by atoms with Crippen LogP contribution in [0.1, 0.15) is 52.1 Å². The number of aliphatic hydroxyl groups excluding tert-OH is 1. The Balaban J connectivity index is 0.000000330. The summed E-state index contributed by atoms with van der Waals surface area (Å²) in [7, 11) is 0. The average Bonchev–Trinajstić information content (AvgIpc) is 2.66. The van der Waals surface area contributed by atoms with Gasteiger partial charge in [0.15, 0.2) is 6.29 Å². The number of carbonyl (C=O) groups is 2. The number of aromatic carboxylic acids is 1. The molecule has 0 amide bonds. The molecule has 152 valence electrons. The Morgan fingerprint density at radius 1 is 0.929 bits per heavy atom. The van der Waals surface area contributed by atoms with Gasteiger partial charge < -0.3 is 19.7 Å². The first-order valence-electron chi connectivity index (χ1n) is 9.10. The summed E-state index contributed by atoms with van der Waals surface area (Å²) in [4.78, 5) is 22.0. The number of esters is 1. The largest absolute Gasteiger partial charge is 0.478 e. The third-order valence-electron chi connectivity index (χ3n) is 3.83. The van der Waals surface area contributed by atoms with E-state index in [-0.39, 0.29) is 18.7 Å². The maximum atomic E-state index is 11.7. The van der Waals surface area contributed by atoms with Crippen LogP contribution in [-0.4, -0.2) is 41.2 Å². The highest BCUT2D eigenvalue weighted by Crippen LogP contribution is 2.07. The molecule has 0 aliphatic heterocycles. The van der Waals surface area contributed by atoms with Crippen LogP contribution in [0.3, 0.4) is 0 Å². The Bertz CT molecular complexity index is 735. The predicted molar refractivity (Wildman–Crippen MR) is 106 cm³/mol. The van der Waals surface area contributed by atoms with E-state index in [0.29, 0.717) is 17.5 Å². The lowest BCUT2D eigenvalue weighted by molar-refractivity contribution is -0.137. The Morgan fingerprint density at radius 2 is 1.39 bits per heavy atom. The molecule has 2 unspecified atom stereocenters. The van der Waals surface area contributed by atoms with Crippen LogP contribution < -0.4 is 0 Å². The van der Waals surface area contributed by atoms with Gasteiger partial charge in [0.05, 0.1) is 17.2 Å². The molecule has 0 fully saturated rings. The maximum Gasteiger partial charge on any atom is 0.338 e. The number of carboxylic acids is 1. The monoisotopic (exact) mass is 388 g/mol. The van der Waals surface area contributed by atoms with Crippen molar-refractivity contribution < 1.29 is 29.3 Å². The molecule has 2 atom stereocenters. The van der Waals surface area contributed by atoms with Gasteiger partial charge in [0.2, 0.25) is 0 Å². The summed E-state index contributed by atoms with van der Waals surface area (Å²) in [5, 5.41) is 17.6. The minimum Gasteiger partial charge on any atom is -0.478 e. The minimum absolute atomic E-state index is 0.147. The van der Waals surface area contributed by atoms with Crippen LogP contribution in [0.15, 0.2) is 48.5 Å². The highest BCUT2D eigenvalue weighted by atomic mass is 16.6. The van der Waals surface area contributed by atoms with Crippen molar-refractivity contribution in [2.24, 2.45) is 0 Å². The lowest BCUT2D eigenvalue weighted by atomic mass is 10.1. The van der Waals surface area contributed by atoms with Crippen molar-refractivity contribution in [3.63, 3.8) is 0 Å². The normalized spacial score (nSPS) is 12.3. The Hall–Kier alpha value is -2.70. The summed E-state index contributed by atoms with van der Waals surface area (Å²) in [6.07, 6.45) is -0.459. The van der Waals surface area contributed by atoms with Crippen LogP contribution in [0.4, 0.5) is 0 Å². The molecule has 6 nitrogen and oxygen atoms in total. The molecule has 0 saturated carbocycles. The molecule has 0 radical (unpaired) electrons. The number of aryl methyl sites for hydroxylation is 2. The van der Waals surface area contributed by atoms with Gasteiger partial charge in [0.25, 0.3) is 0 Å². The molecule has 0 heterocycles. The number of carbonyl (C=O) groups excluding carboxylic acids is 1. The summed E-state index contributed by atoms with van der Waals surface area (Å²) in [6, 6.07) is 13.9. The minimum atomic E-state index is -0.875. The maximum absolute atomic E-state index is 11.7. The molecule has 0 spiro atoms. The van der Waals surface area contributed by atoms with Crippen LogP contribution in [0.5, 0.6) is 0 Å². The summed E-state index contributed by atoms with van der Waals surface area (Å²) in [5.41, 5.74) is 3.03. The first-order valence-corrected chi connectivity index (χ1v) is 9.10. The van der Waals surface area contributed by atoms with E-state index in [2.05, 4.69) is 0 Å². The van der Waals surface area contributed by atoms with Crippen LogP contribution in [0.2, 0.25) is 0 Å². The molecule has 0 aliphatic carbocycles. The van der Waals surface area contributed by atoms with E-state index in [4.69, 9.17) is 19.7 Å². The van der Waals surface area contributed by atoms with Gasteiger partial charge in [0, 0.05) is 0 Å². The molecular weight excluding hydrogens is 360 g/mol. The number of hydrogen-bond donors (Lipinski definition) is 2. The summed E-state index contributed by atoms with van der Waals surface area (Å²) in [6.45, 7) is 7.47. The zero-order chi connectivity index (χ0) is 21.1. The van der Waals surface area contributed by atoms with E-state index in [1.165, 1.54) is 6.92 Å². The third kappa shape index (κ3) is 8.79. The second-order valence-corrected chi connectivity index (χ2v) is 6.40. The van der Waals surface area contributed by atoms with E-state index >= 15 is 0 Å². The Labute approximate surface area is 165 Å². The quantitative estimate of drug-likeness (QED) is 0.550. The number of rotatable bonds is 7. The molecule has 2 rings (SSSR count). The van der Waals surface area contributed by atoms with Crippen molar-refractivity contribution >= 4 is 11.9 Å². The average molecular weight is 388 g/mol. The smallest absolute Gasteiger partial charge is 0.338 e. The first kappa shape index (κ1) is 23.3. The van der Waals surface area contributed by atoms with Crippen LogP contribution >= 0.6 is 0 Å². The molecule has 0 aliphatic rings. The van der Waals surface area contributed by atoms with Gasteiger partial charge in [-0.05, 0) is 51.5 Å². The van der Waals surface area contributed by atoms with Crippen LogP contribution in [0.25, 0.3) is 0 Å². The highest BCUT2D eigenvalue weighted by Gasteiger charge is 2.13. The number of hydrogen-bond acceptors (Lipinski definition) is 5. The fourth-order valence-electron chi connectivity index (χ4n) is 2.17. The van der Waals surface area contributed by atoms with E-state index in [1.807, 2.05) is 32.9 Å². The van der Waals surface area contributed by atoms with E-state index in [9.17, 15) is 9.59 Å². The fraction of sp³-hybridized carbons (Fsp3) is 0.364. The van der Waals surface area contributed by atoms with Gasteiger partial charge >= 0.3 is 11.9 Å². The number of aliphatic hydroxyl groups is 1. The van der Waals surface area contributed by atoms with Crippen molar-refractivity contribution in [2.75, 3.05) is 6.61 Å². The van der Waals surface area contributed by atoms with Gasteiger partial charge in [0.1, 0.15) is 6.61 Å². The fourth-order valence-corrected chi connectivity index (χ4v) is 2.17. The molecule has 2 N–H and O–H groups in total. The predicted octanol–water partition coefficient (Wildman–Crippen LogP) is 3.98. The van der Waals surface area contributed by atoms with Gasteiger partial charge in [-0.3, -0.25) is 0 Å². The van der Waals surface area contributed by atoms with Crippen molar-refractivity contribution in [1.82, 2.24) is 0 Å². The zero-order valence-corrected chi connectivity index (χ0v) is 16.7. The van der Waals surface area contributed by atoms with E-state index in [1.54, 1.807) is 36.4 Å². The van der Waals surface area contributed by atoms with Crippen molar-refractivity contribution in [2.45, 2.75) is 46.5 Å². The van der Waals surface area contributed by atoms with Crippen LogP contribution in [0, 0.1) is 13.8 Å². The Morgan fingerprint density at radius 3 is 1.79 bits per heavy atom. The number of benzene rings is 2. The third-order valence-corrected chi connectivity index (χ3v) is 3.83. The SMILES string of the molecule is CCC(COC(=O)c1ccc(C)cc1)OC(C)O.Cc1ccc(C(=O)O)cc1. The molecule has 0 aromatic heterocycles. The summed E-state index contributed by atoms with van der Waals surface area (Å²) < 4.78 is 10.3. The van der Waals surface area contributed by atoms with Crippen LogP contribution in [-0.2, 0) is 9.47 Å². The van der Waals surface area contributed by atoms with Crippen molar-refractivity contribution in [3.05, 3.63) is 70.8 Å². The lowest BCUT2D eigenvalue weighted by Crippen LogP contribution is -2.25. The van der Waals surface area contributed by atoms with Gasteiger partial charge in [-0.25, -0.2) is 9.59 Å². The Kier molecular flexibility index (Phi) is 9.92. The topological polar surface area (TPSA) is 93.1 Å². The summed E-state index contributed by atoms with van der Waals surface area (Å²) in [5.74, 6) is -1.25. The second-order valence-electron chi connectivity index (χ2n) is 6.40. The molecule has 0 saturated heterocycles. The first-order chi connectivity index (χ1) is 13.2. The molecule has 0 bridgehead atoms. The van der Waals surface area contributed by atoms with Gasteiger partial charge in [-0.2, -0.15) is 0 Å². The standard InChI is InChI=1S/C14H20O4.C8H8O2/c1-4-13(18-11(3)15)9-17-14(16)12-7-5-10(2)6-8-12;1-6-2-4-7(5-3-6)8(9)10/h5-8,11,13,15H,4,9H2,1-3H3;2-5H,1H3,(H,9,10). The molecule has 2 aromatic rings. The van der Waals surface area contributed by atoms with E-state index in [0.717, 1.165) is 11.1 Å². The molecule has 6 heteroatoms. The lowest BCUT2D eigenvalue weighted by Gasteiger charge is -2.17. The molecule has 2 aromatic carbocycles. The number of carboxylic acid groups (broad SMARTS) is 1. The van der Waals surface area contributed by atoms with Crippen molar-refractivity contribution in [3.8, 4) is 0 Å². The van der Waals surface area contributed by atoms with Gasteiger partial charge in [-0.1, -0.05) is 42.3 Å².